The Kier molecular flexibility index (Phi) is 2.49. The quantitative estimate of drug-likeness (QED) is 0.766. The van der Waals surface area contributed by atoms with Gasteiger partial charge in [-0.1, -0.05) is 0 Å². The summed E-state index contributed by atoms with van der Waals surface area (Å²) in [5.74, 6) is 2.00. The zero-order valence-electron chi connectivity index (χ0n) is 10.0. The van der Waals surface area contributed by atoms with Crippen LogP contribution >= 0.6 is 0 Å². The average molecular weight is 238 g/mol. The van der Waals surface area contributed by atoms with Gasteiger partial charge in [-0.3, -0.25) is 4.79 Å². The first kappa shape index (κ1) is 10.9. The van der Waals surface area contributed by atoms with Gasteiger partial charge in [-0.25, -0.2) is 4.79 Å². The summed E-state index contributed by atoms with van der Waals surface area (Å²) >= 11 is 0. The molecule has 0 aromatic rings. The van der Waals surface area contributed by atoms with Crippen LogP contribution in [0.1, 0.15) is 19.3 Å². The standard InChI is InChI=1S/C12H18N2O3/c1-17-12(16)13-10-3-7(4-10)11(15)14-5-8-2-9(8)6-14/h7-10H,2-6H2,1H3,(H,13,16). The Morgan fingerprint density at radius 2 is 1.82 bits per heavy atom. The number of carbonyl (C=O) groups excluding carboxylic acids is 2. The van der Waals surface area contributed by atoms with Crippen molar-refractivity contribution in [3.63, 3.8) is 0 Å². The predicted octanol–water partition coefficient (Wildman–Crippen LogP) is 0.599. The van der Waals surface area contributed by atoms with Crippen LogP contribution in [0.3, 0.4) is 0 Å². The average Bonchev–Trinajstić information content (AvgIpc) is 2.89. The molecule has 1 aliphatic heterocycles. The van der Waals surface area contributed by atoms with Gasteiger partial charge in [0.05, 0.1) is 7.11 Å². The second-order valence-corrected chi connectivity index (χ2v) is 5.50. The summed E-state index contributed by atoms with van der Waals surface area (Å²) < 4.78 is 4.53. The Balaban J connectivity index is 1.42. The van der Waals surface area contributed by atoms with E-state index in [0.717, 1.165) is 37.8 Å². The molecule has 94 valence electrons. The number of alkyl carbamates (subject to hydrolysis) is 1. The molecule has 3 aliphatic rings. The van der Waals surface area contributed by atoms with E-state index in [2.05, 4.69) is 10.1 Å². The van der Waals surface area contributed by atoms with Crippen LogP contribution in [0.5, 0.6) is 0 Å². The molecule has 2 aliphatic carbocycles. The molecule has 2 unspecified atom stereocenters. The smallest absolute Gasteiger partial charge is 0.407 e. The lowest BCUT2D eigenvalue weighted by atomic mass is 9.79. The maximum atomic E-state index is 12.1. The molecule has 17 heavy (non-hydrogen) atoms. The van der Waals surface area contributed by atoms with Crippen LogP contribution in [0.25, 0.3) is 0 Å². The van der Waals surface area contributed by atoms with Crippen molar-refractivity contribution in [3.8, 4) is 0 Å². The number of nitrogens with zero attached hydrogens (tertiary/aromatic N) is 1. The van der Waals surface area contributed by atoms with Crippen molar-refractivity contribution < 1.29 is 14.3 Å². The molecule has 1 N–H and O–H groups in total. The summed E-state index contributed by atoms with van der Waals surface area (Å²) in [7, 11) is 1.35. The lowest BCUT2D eigenvalue weighted by Gasteiger charge is -2.36. The number of amides is 2. The fourth-order valence-corrected chi connectivity index (χ4v) is 3.00. The molecule has 0 bridgehead atoms. The van der Waals surface area contributed by atoms with Crippen LogP contribution in [0.15, 0.2) is 0 Å². The zero-order chi connectivity index (χ0) is 12.0. The normalized spacial score (nSPS) is 38.1. The third-order valence-corrected chi connectivity index (χ3v) is 4.29. The highest BCUT2D eigenvalue weighted by molar-refractivity contribution is 5.81. The first-order valence-corrected chi connectivity index (χ1v) is 6.30. The summed E-state index contributed by atoms with van der Waals surface area (Å²) in [6.07, 6.45) is 2.45. The van der Waals surface area contributed by atoms with E-state index in [0.29, 0.717) is 5.91 Å². The number of rotatable bonds is 2. The van der Waals surface area contributed by atoms with Crippen LogP contribution in [-0.2, 0) is 9.53 Å². The summed E-state index contributed by atoms with van der Waals surface area (Å²) in [5, 5.41) is 2.73. The molecule has 1 saturated heterocycles. The molecule has 5 heteroatoms. The molecule has 2 atom stereocenters. The van der Waals surface area contributed by atoms with Gasteiger partial charge < -0.3 is 15.0 Å². The second-order valence-electron chi connectivity index (χ2n) is 5.50. The molecular weight excluding hydrogens is 220 g/mol. The Bertz CT molecular complexity index is 342. The van der Waals surface area contributed by atoms with Gasteiger partial charge in [0.15, 0.2) is 0 Å². The van der Waals surface area contributed by atoms with E-state index in [1.807, 2.05) is 4.90 Å². The Morgan fingerprint density at radius 1 is 1.18 bits per heavy atom. The monoisotopic (exact) mass is 238 g/mol. The molecule has 5 nitrogen and oxygen atoms in total. The van der Waals surface area contributed by atoms with E-state index >= 15 is 0 Å². The third-order valence-electron chi connectivity index (χ3n) is 4.29. The van der Waals surface area contributed by atoms with E-state index in [-0.39, 0.29) is 12.0 Å². The summed E-state index contributed by atoms with van der Waals surface area (Å²) in [4.78, 5) is 25.1. The highest BCUT2D eigenvalue weighted by Crippen LogP contribution is 2.46. The molecule has 2 amide bonds. The van der Waals surface area contributed by atoms with Crippen LogP contribution < -0.4 is 5.32 Å². The summed E-state index contributed by atoms with van der Waals surface area (Å²) in [6.45, 7) is 1.93. The molecule has 0 spiro atoms. The fraction of sp³-hybridized carbons (Fsp3) is 0.833. The Labute approximate surface area is 100 Å². The van der Waals surface area contributed by atoms with Crippen LogP contribution in [0.4, 0.5) is 4.79 Å². The summed E-state index contributed by atoms with van der Waals surface area (Å²) in [5.41, 5.74) is 0. The van der Waals surface area contributed by atoms with Gasteiger partial charge in [0.1, 0.15) is 0 Å². The van der Waals surface area contributed by atoms with Crippen molar-refractivity contribution >= 4 is 12.0 Å². The van der Waals surface area contributed by atoms with Crippen LogP contribution in [0, 0.1) is 17.8 Å². The first-order chi connectivity index (χ1) is 8.17. The van der Waals surface area contributed by atoms with Gasteiger partial charge in [0.25, 0.3) is 0 Å². The number of likely N-dealkylation sites (tertiary alicyclic amines) is 1. The van der Waals surface area contributed by atoms with E-state index in [9.17, 15) is 9.59 Å². The maximum absolute atomic E-state index is 12.1. The molecule has 0 aromatic heterocycles. The van der Waals surface area contributed by atoms with Crippen molar-refractivity contribution in [1.82, 2.24) is 10.2 Å². The third kappa shape index (κ3) is 1.98. The van der Waals surface area contributed by atoms with Gasteiger partial charge in [-0.2, -0.15) is 0 Å². The number of fused-ring (bicyclic) bond motifs is 1. The molecule has 2 saturated carbocycles. The summed E-state index contributed by atoms with van der Waals surface area (Å²) in [6, 6.07) is 0.119. The highest BCUT2D eigenvalue weighted by atomic mass is 16.5. The van der Waals surface area contributed by atoms with Gasteiger partial charge >= 0.3 is 6.09 Å². The number of nitrogens with one attached hydrogen (secondary N) is 1. The number of piperidine rings is 1. The number of hydrogen-bond donors (Lipinski definition) is 1. The highest BCUT2D eigenvalue weighted by Gasteiger charge is 2.48. The van der Waals surface area contributed by atoms with Crippen LogP contribution in [0.2, 0.25) is 0 Å². The molecular formula is C12H18N2O3. The van der Waals surface area contributed by atoms with E-state index in [1.54, 1.807) is 0 Å². The molecule has 0 aromatic carbocycles. The van der Waals surface area contributed by atoms with Crippen molar-refractivity contribution in [2.45, 2.75) is 25.3 Å². The van der Waals surface area contributed by atoms with Crippen molar-refractivity contribution in [2.24, 2.45) is 17.8 Å². The lowest BCUT2D eigenvalue weighted by Crippen LogP contribution is -2.50. The first-order valence-electron chi connectivity index (χ1n) is 6.30. The molecule has 0 radical (unpaired) electrons. The van der Waals surface area contributed by atoms with Gasteiger partial charge in [0.2, 0.25) is 5.91 Å². The molecule has 3 rings (SSSR count). The zero-order valence-corrected chi connectivity index (χ0v) is 10.0. The maximum Gasteiger partial charge on any atom is 0.407 e. The SMILES string of the molecule is COC(=O)NC1CC(C(=O)N2CC3CC3C2)C1. The van der Waals surface area contributed by atoms with Crippen molar-refractivity contribution in [1.29, 1.82) is 0 Å². The topological polar surface area (TPSA) is 58.6 Å². The van der Waals surface area contributed by atoms with Crippen molar-refractivity contribution in [2.75, 3.05) is 20.2 Å². The minimum atomic E-state index is -0.400. The molecule has 1 heterocycles. The minimum absolute atomic E-state index is 0.119. The van der Waals surface area contributed by atoms with E-state index in [4.69, 9.17) is 0 Å². The second kappa shape index (κ2) is 3.89. The fourth-order valence-electron chi connectivity index (χ4n) is 3.00. The van der Waals surface area contributed by atoms with Gasteiger partial charge in [-0.15, -0.1) is 0 Å². The largest absolute Gasteiger partial charge is 0.453 e. The van der Waals surface area contributed by atoms with Gasteiger partial charge in [-0.05, 0) is 31.1 Å². The van der Waals surface area contributed by atoms with E-state index < -0.39 is 6.09 Å². The predicted molar refractivity (Wildman–Crippen MR) is 60.2 cm³/mol. The Morgan fingerprint density at radius 3 is 2.41 bits per heavy atom. The number of methoxy groups -OCH3 is 1. The van der Waals surface area contributed by atoms with E-state index in [1.165, 1.54) is 13.5 Å². The number of carbonyl (C=O) groups is 2. The lowest BCUT2D eigenvalue weighted by molar-refractivity contribution is -0.138. The van der Waals surface area contributed by atoms with Gasteiger partial charge in [0, 0.05) is 25.0 Å². The molecule has 3 fully saturated rings. The van der Waals surface area contributed by atoms with Crippen LogP contribution in [-0.4, -0.2) is 43.1 Å². The number of hydrogen-bond acceptors (Lipinski definition) is 3. The minimum Gasteiger partial charge on any atom is -0.453 e. The van der Waals surface area contributed by atoms with Crippen molar-refractivity contribution in [3.05, 3.63) is 0 Å². The Hall–Kier alpha value is -1.26. The number of ether oxygens (including phenoxy) is 1.